The summed E-state index contributed by atoms with van der Waals surface area (Å²) in [6, 6.07) is 14.5. The summed E-state index contributed by atoms with van der Waals surface area (Å²) >= 11 is 0. The molecule has 0 radical (unpaired) electrons. The maximum absolute atomic E-state index is 13.8. The molecule has 0 saturated heterocycles. The van der Waals surface area contributed by atoms with E-state index < -0.39 is 28.7 Å². The zero-order valence-corrected chi connectivity index (χ0v) is 23.1. The van der Waals surface area contributed by atoms with Gasteiger partial charge in [0.2, 0.25) is 11.8 Å². The summed E-state index contributed by atoms with van der Waals surface area (Å²) in [6.07, 6.45) is 1.75. The van der Waals surface area contributed by atoms with Crippen LogP contribution in [0.3, 0.4) is 0 Å². The Hall–Kier alpha value is -2.91. The molecule has 0 unspecified atom stereocenters. The minimum absolute atomic E-state index is 0.227. The predicted molar refractivity (Wildman–Crippen MR) is 145 cm³/mol. The van der Waals surface area contributed by atoms with Crippen molar-refractivity contribution in [2.45, 2.75) is 53.0 Å². The van der Waals surface area contributed by atoms with Gasteiger partial charge in [-0.1, -0.05) is 56.3 Å². The van der Waals surface area contributed by atoms with E-state index in [4.69, 9.17) is 0 Å². The van der Waals surface area contributed by atoms with E-state index in [1.54, 1.807) is 6.07 Å². The van der Waals surface area contributed by atoms with Crippen LogP contribution in [-0.4, -0.2) is 69.2 Å². The third kappa shape index (κ3) is 7.54. The summed E-state index contributed by atoms with van der Waals surface area (Å²) in [5.74, 6) is -0.648. The van der Waals surface area contributed by atoms with E-state index in [1.807, 2.05) is 70.2 Å². The molecular formula is C27H40N4O4S. The van der Waals surface area contributed by atoms with E-state index in [0.717, 1.165) is 31.7 Å². The zero-order chi connectivity index (χ0) is 26.9. The highest BCUT2D eigenvalue weighted by Gasteiger charge is 2.34. The van der Waals surface area contributed by atoms with Gasteiger partial charge in [-0.25, -0.2) is 4.31 Å². The normalized spacial score (nSPS) is 12.3. The summed E-state index contributed by atoms with van der Waals surface area (Å²) in [5, 5.41) is 2.89. The van der Waals surface area contributed by atoms with Crippen molar-refractivity contribution >= 4 is 27.7 Å². The lowest BCUT2D eigenvalue weighted by Crippen LogP contribution is -2.54. The predicted octanol–water partition coefficient (Wildman–Crippen LogP) is 3.29. The van der Waals surface area contributed by atoms with Crippen LogP contribution in [0.15, 0.2) is 48.5 Å². The Morgan fingerprint density at radius 1 is 1.00 bits per heavy atom. The van der Waals surface area contributed by atoms with Crippen LogP contribution < -0.4 is 9.62 Å². The highest BCUT2D eigenvalue weighted by Crippen LogP contribution is 2.26. The first-order chi connectivity index (χ1) is 17.0. The molecule has 0 aromatic heterocycles. The summed E-state index contributed by atoms with van der Waals surface area (Å²) in [7, 11) is -1.09. The lowest BCUT2D eigenvalue weighted by molar-refractivity contribution is -0.139. The molecule has 1 atom stereocenters. The number of benzene rings is 2. The maximum atomic E-state index is 13.8. The van der Waals surface area contributed by atoms with E-state index in [2.05, 4.69) is 5.32 Å². The molecule has 36 heavy (non-hydrogen) atoms. The Balaban J connectivity index is 2.46. The van der Waals surface area contributed by atoms with Gasteiger partial charge in [0.25, 0.3) is 0 Å². The van der Waals surface area contributed by atoms with Crippen molar-refractivity contribution in [3.05, 3.63) is 65.2 Å². The molecule has 198 valence electrons. The molecule has 2 amide bonds. The minimum Gasteiger partial charge on any atom is -0.354 e. The SMILES string of the molecule is CCCNC(=O)[C@H](CC)N(CCc1ccccc1)C(=O)CN(c1cc(C)ccc1C)S(=O)(=O)N(C)C. The smallest absolute Gasteiger partial charge is 0.304 e. The van der Waals surface area contributed by atoms with Crippen LogP contribution in [-0.2, 0) is 26.2 Å². The van der Waals surface area contributed by atoms with Crippen LogP contribution in [0, 0.1) is 13.8 Å². The summed E-state index contributed by atoms with van der Waals surface area (Å²) in [4.78, 5) is 28.3. The van der Waals surface area contributed by atoms with Crippen LogP contribution >= 0.6 is 0 Å². The molecular weight excluding hydrogens is 476 g/mol. The largest absolute Gasteiger partial charge is 0.354 e. The molecule has 0 saturated carbocycles. The fourth-order valence-electron chi connectivity index (χ4n) is 3.95. The van der Waals surface area contributed by atoms with E-state index in [-0.39, 0.29) is 5.91 Å². The Morgan fingerprint density at radius 2 is 1.67 bits per heavy atom. The van der Waals surface area contributed by atoms with Gasteiger partial charge in [0, 0.05) is 27.2 Å². The molecule has 2 aromatic carbocycles. The van der Waals surface area contributed by atoms with E-state index in [1.165, 1.54) is 19.0 Å². The first-order valence-electron chi connectivity index (χ1n) is 12.4. The Morgan fingerprint density at radius 3 is 2.25 bits per heavy atom. The Bertz CT molecular complexity index is 1120. The summed E-state index contributed by atoms with van der Waals surface area (Å²) < 4.78 is 28.9. The quantitative estimate of drug-likeness (QED) is 0.442. The van der Waals surface area contributed by atoms with Crippen LogP contribution in [0.5, 0.6) is 0 Å². The number of aryl methyl sites for hydroxylation is 2. The number of anilines is 1. The number of hydrogen-bond donors (Lipinski definition) is 1. The lowest BCUT2D eigenvalue weighted by Gasteiger charge is -2.34. The van der Waals surface area contributed by atoms with E-state index in [9.17, 15) is 18.0 Å². The number of rotatable bonds is 13. The number of carbonyl (C=O) groups is 2. The van der Waals surface area contributed by atoms with Gasteiger partial charge in [-0.05, 0) is 55.9 Å². The van der Waals surface area contributed by atoms with Gasteiger partial charge < -0.3 is 10.2 Å². The third-order valence-corrected chi connectivity index (χ3v) is 7.88. The van der Waals surface area contributed by atoms with Crippen molar-refractivity contribution in [2.24, 2.45) is 0 Å². The van der Waals surface area contributed by atoms with Gasteiger partial charge in [0.05, 0.1) is 5.69 Å². The van der Waals surface area contributed by atoms with Crippen LogP contribution in [0.1, 0.15) is 43.4 Å². The standard InChI is InChI=1S/C27H40N4O4S/c1-7-17-28-27(33)24(8-2)30(18-16-23-12-10-9-11-13-23)26(32)20-31(36(34,35)29(5)6)25-19-21(3)14-15-22(25)4/h9-15,19,24H,7-8,16-18,20H2,1-6H3,(H,28,33)/t24-/m0/s1. The molecule has 0 spiro atoms. The van der Waals surface area contributed by atoms with E-state index >= 15 is 0 Å². The van der Waals surface area contributed by atoms with Crippen molar-refractivity contribution in [3.8, 4) is 0 Å². The van der Waals surface area contributed by atoms with Gasteiger partial charge in [0.15, 0.2) is 0 Å². The number of amides is 2. The van der Waals surface area contributed by atoms with Gasteiger partial charge in [-0.2, -0.15) is 12.7 Å². The molecule has 0 aliphatic carbocycles. The Labute approximate surface area is 216 Å². The third-order valence-electron chi connectivity index (χ3n) is 6.07. The lowest BCUT2D eigenvalue weighted by atomic mass is 10.1. The van der Waals surface area contributed by atoms with Crippen molar-refractivity contribution < 1.29 is 18.0 Å². The molecule has 0 aliphatic heterocycles. The monoisotopic (exact) mass is 516 g/mol. The van der Waals surface area contributed by atoms with Crippen molar-refractivity contribution in [2.75, 3.05) is 38.0 Å². The molecule has 2 aromatic rings. The van der Waals surface area contributed by atoms with Gasteiger partial charge >= 0.3 is 10.2 Å². The molecule has 0 heterocycles. The summed E-state index contributed by atoms with van der Waals surface area (Å²) in [6.45, 7) is 7.92. The Kier molecular flexibility index (Phi) is 10.9. The van der Waals surface area contributed by atoms with Gasteiger partial charge in [-0.3, -0.25) is 9.59 Å². The second-order valence-electron chi connectivity index (χ2n) is 9.12. The van der Waals surface area contributed by atoms with Gasteiger partial charge in [-0.15, -0.1) is 0 Å². The first kappa shape index (κ1) is 29.3. The molecule has 0 aliphatic rings. The topological polar surface area (TPSA) is 90.0 Å². The van der Waals surface area contributed by atoms with E-state index in [0.29, 0.717) is 31.6 Å². The number of nitrogens with one attached hydrogen (secondary N) is 1. The van der Waals surface area contributed by atoms with Crippen molar-refractivity contribution in [1.29, 1.82) is 0 Å². The first-order valence-corrected chi connectivity index (χ1v) is 13.8. The fraction of sp³-hybridized carbons (Fsp3) is 0.481. The van der Waals surface area contributed by atoms with Crippen molar-refractivity contribution in [3.63, 3.8) is 0 Å². The second-order valence-corrected chi connectivity index (χ2v) is 11.2. The second kappa shape index (κ2) is 13.4. The van der Waals surface area contributed by atoms with Crippen molar-refractivity contribution in [1.82, 2.24) is 14.5 Å². The molecule has 0 bridgehead atoms. The number of nitrogens with zero attached hydrogens (tertiary/aromatic N) is 3. The number of carbonyl (C=O) groups excluding carboxylic acids is 2. The van der Waals surface area contributed by atoms with Crippen LogP contribution in [0.2, 0.25) is 0 Å². The molecule has 9 heteroatoms. The van der Waals surface area contributed by atoms with Gasteiger partial charge in [0.1, 0.15) is 12.6 Å². The minimum atomic E-state index is -3.98. The molecule has 0 fully saturated rings. The summed E-state index contributed by atoms with van der Waals surface area (Å²) in [5.41, 5.74) is 3.10. The fourth-order valence-corrected chi connectivity index (χ4v) is 5.06. The maximum Gasteiger partial charge on any atom is 0.304 e. The molecule has 8 nitrogen and oxygen atoms in total. The average Bonchev–Trinajstić information content (AvgIpc) is 2.85. The molecule has 1 N–H and O–H groups in total. The van der Waals surface area contributed by atoms with Crippen LogP contribution in [0.25, 0.3) is 0 Å². The zero-order valence-electron chi connectivity index (χ0n) is 22.3. The van der Waals surface area contributed by atoms with Crippen LogP contribution in [0.4, 0.5) is 5.69 Å². The average molecular weight is 517 g/mol. The number of hydrogen-bond acceptors (Lipinski definition) is 4. The highest BCUT2D eigenvalue weighted by atomic mass is 32.2. The molecule has 2 rings (SSSR count). The highest BCUT2D eigenvalue weighted by molar-refractivity contribution is 7.90.